The fourth-order valence-electron chi connectivity index (χ4n) is 3.47. The molecule has 0 saturated carbocycles. The van der Waals surface area contributed by atoms with Crippen molar-refractivity contribution in [3.8, 4) is 11.3 Å². The van der Waals surface area contributed by atoms with Gasteiger partial charge >= 0.3 is 0 Å². The van der Waals surface area contributed by atoms with Gasteiger partial charge in [0.05, 0.1) is 10.7 Å². The summed E-state index contributed by atoms with van der Waals surface area (Å²) >= 11 is 12.6. The smallest absolute Gasteiger partial charge is 0.291 e. The van der Waals surface area contributed by atoms with Gasteiger partial charge in [-0.25, -0.2) is 0 Å². The van der Waals surface area contributed by atoms with Gasteiger partial charge in [0, 0.05) is 29.4 Å². The average Bonchev–Trinajstić information content (AvgIpc) is 3.36. The van der Waals surface area contributed by atoms with E-state index < -0.39 is 0 Å². The Kier molecular flexibility index (Phi) is 5.33. The van der Waals surface area contributed by atoms with Crippen LogP contribution in [0, 0.1) is 6.92 Å². The summed E-state index contributed by atoms with van der Waals surface area (Å²) in [6.45, 7) is 3.96. The average molecular weight is 415 g/mol. The van der Waals surface area contributed by atoms with E-state index in [1.54, 1.807) is 18.2 Å². The number of nitrogens with one attached hydrogen (secondary N) is 1. The summed E-state index contributed by atoms with van der Waals surface area (Å²) in [6, 6.07) is 14.6. The third-order valence-electron chi connectivity index (χ3n) is 5.02. The van der Waals surface area contributed by atoms with Crippen LogP contribution >= 0.6 is 23.2 Å². The summed E-state index contributed by atoms with van der Waals surface area (Å²) in [6.07, 6.45) is 2.36. The first kappa shape index (κ1) is 18.9. The molecule has 0 radical (unpaired) electrons. The third kappa shape index (κ3) is 3.75. The van der Waals surface area contributed by atoms with E-state index in [2.05, 4.69) is 10.2 Å². The van der Waals surface area contributed by atoms with Crippen molar-refractivity contribution in [1.82, 2.24) is 0 Å². The SMILES string of the molecule is Cc1c(Cl)cccc1-c1ccc(C(=O)Nc2ccc(N3CCCC3)c(Cl)c2)o1. The molecule has 0 atom stereocenters. The molecule has 4 nitrogen and oxygen atoms in total. The summed E-state index contributed by atoms with van der Waals surface area (Å²) in [5.74, 6) is 0.512. The predicted octanol–water partition coefficient (Wildman–Crippen LogP) is 6.41. The van der Waals surface area contributed by atoms with Crippen LogP contribution in [0.2, 0.25) is 10.0 Å². The monoisotopic (exact) mass is 414 g/mol. The van der Waals surface area contributed by atoms with Crippen LogP contribution in [0.4, 0.5) is 11.4 Å². The predicted molar refractivity (Wildman–Crippen MR) is 115 cm³/mol. The molecule has 2 heterocycles. The van der Waals surface area contributed by atoms with Gasteiger partial charge in [-0.15, -0.1) is 0 Å². The van der Waals surface area contributed by atoms with Crippen LogP contribution in [0.3, 0.4) is 0 Å². The van der Waals surface area contributed by atoms with Crippen molar-refractivity contribution in [2.75, 3.05) is 23.3 Å². The highest BCUT2D eigenvalue weighted by atomic mass is 35.5. The van der Waals surface area contributed by atoms with Crippen LogP contribution in [0.15, 0.2) is 52.9 Å². The molecule has 0 aliphatic carbocycles. The molecule has 1 aliphatic rings. The lowest BCUT2D eigenvalue weighted by Crippen LogP contribution is -2.18. The van der Waals surface area contributed by atoms with E-state index in [-0.39, 0.29) is 11.7 Å². The molecule has 1 aliphatic heterocycles. The van der Waals surface area contributed by atoms with Gasteiger partial charge < -0.3 is 14.6 Å². The Bertz CT molecular complexity index is 1020. The van der Waals surface area contributed by atoms with Crippen molar-refractivity contribution < 1.29 is 9.21 Å². The van der Waals surface area contributed by atoms with E-state index in [0.29, 0.717) is 21.5 Å². The van der Waals surface area contributed by atoms with Gasteiger partial charge in [0.2, 0.25) is 0 Å². The number of carbonyl (C=O) groups is 1. The second kappa shape index (κ2) is 7.90. The Morgan fingerprint density at radius 2 is 1.82 bits per heavy atom. The lowest BCUT2D eigenvalue weighted by molar-refractivity contribution is 0.0997. The zero-order chi connectivity index (χ0) is 19.7. The maximum absolute atomic E-state index is 12.6. The highest BCUT2D eigenvalue weighted by molar-refractivity contribution is 6.33. The number of hydrogen-bond acceptors (Lipinski definition) is 3. The number of halogens is 2. The van der Waals surface area contributed by atoms with Gasteiger partial charge in [-0.2, -0.15) is 0 Å². The van der Waals surface area contributed by atoms with Gasteiger partial charge in [-0.1, -0.05) is 35.3 Å². The number of furan rings is 1. The van der Waals surface area contributed by atoms with Crippen LogP contribution < -0.4 is 10.2 Å². The Labute approximate surface area is 174 Å². The Morgan fingerprint density at radius 3 is 2.57 bits per heavy atom. The minimum Gasteiger partial charge on any atom is -0.451 e. The fourth-order valence-corrected chi connectivity index (χ4v) is 3.95. The molecular formula is C22H20Cl2N2O2. The minimum atomic E-state index is -0.323. The highest BCUT2D eigenvalue weighted by Gasteiger charge is 2.17. The largest absolute Gasteiger partial charge is 0.451 e. The summed E-state index contributed by atoms with van der Waals surface area (Å²) in [5.41, 5.74) is 3.42. The molecule has 2 aromatic carbocycles. The molecule has 4 rings (SSSR count). The van der Waals surface area contributed by atoms with Gasteiger partial charge in [0.15, 0.2) is 5.76 Å². The number of rotatable bonds is 4. The molecule has 0 unspecified atom stereocenters. The second-order valence-corrected chi connectivity index (χ2v) is 7.71. The molecule has 3 aromatic rings. The number of hydrogen-bond donors (Lipinski definition) is 1. The van der Waals surface area contributed by atoms with Crippen molar-refractivity contribution in [2.45, 2.75) is 19.8 Å². The molecule has 6 heteroatoms. The third-order valence-corrected chi connectivity index (χ3v) is 5.73. The maximum Gasteiger partial charge on any atom is 0.291 e. The molecule has 1 saturated heterocycles. The van der Waals surface area contributed by atoms with Crippen molar-refractivity contribution in [3.63, 3.8) is 0 Å². The van der Waals surface area contributed by atoms with E-state index in [9.17, 15) is 4.79 Å². The van der Waals surface area contributed by atoms with Crippen molar-refractivity contribution >= 4 is 40.5 Å². The van der Waals surface area contributed by atoms with Crippen LogP contribution in [0.5, 0.6) is 0 Å². The first-order chi connectivity index (χ1) is 13.5. The Hall–Kier alpha value is -2.43. The normalized spacial score (nSPS) is 13.8. The lowest BCUT2D eigenvalue weighted by atomic mass is 10.1. The summed E-state index contributed by atoms with van der Waals surface area (Å²) in [7, 11) is 0. The molecule has 0 spiro atoms. The minimum absolute atomic E-state index is 0.231. The fraction of sp³-hybridized carbons (Fsp3) is 0.227. The van der Waals surface area contributed by atoms with E-state index in [4.69, 9.17) is 27.6 Å². The highest BCUT2D eigenvalue weighted by Crippen LogP contribution is 2.32. The van der Waals surface area contributed by atoms with Crippen LogP contribution in [0.1, 0.15) is 29.0 Å². The van der Waals surface area contributed by atoms with E-state index >= 15 is 0 Å². The van der Waals surface area contributed by atoms with Crippen LogP contribution in [-0.2, 0) is 0 Å². The Morgan fingerprint density at radius 1 is 1.04 bits per heavy atom. The quantitative estimate of drug-likeness (QED) is 0.535. The molecule has 1 amide bonds. The Balaban J connectivity index is 1.51. The molecular weight excluding hydrogens is 395 g/mol. The number of carbonyl (C=O) groups excluding carboxylic acids is 1. The molecule has 1 aromatic heterocycles. The number of nitrogens with zero attached hydrogens (tertiary/aromatic N) is 1. The summed E-state index contributed by atoms with van der Waals surface area (Å²) in [5, 5.41) is 4.14. The summed E-state index contributed by atoms with van der Waals surface area (Å²) in [4.78, 5) is 14.8. The standard InChI is InChI=1S/C22H20Cl2N2O2/c1-14-16(5-4-6-17(14)23)20-9-10-21(28-20)22(27)25-15-7-8-19(18(24)13-15)26-11-2-3-12-26/h4-10,13H,2-3,11-12H2,1H3,(H,25,27). The van der Waals surface area contributed by atoms with Gasteiger partial charge in [-0.05, 0) is 61.7 Å². The topological polar surface area (TPSA) is 45.5 Å². The van der Waals surface area contributed by atoms with Gasteiger partial charge in [0.1, 0.15) is 5.76 Å². The van der Waals surface area contributed by atoms with Crippen LogP contribution in [0.25, 0.3) is 11.3 Å². The number of amides is 1. The molecule has 144 valence electrons. The number of anilines is 2. The van der Waals surface area contributed by atoms with E-state index in [1.165, 1.54) is 12.8 Å². The van der Waals surface area contributed by atoms with Crippen molar-refractivity contribution in [2.24, 2.45) is 0 Å². The summed E-state index contributed by atoms with van der Waals surface area (Å²) < 4.78 is 5.76. The molecule has 28 heavy (non-hydrogen) atoms. The van der Waals surface area contributed by atoms with E-state index in [0.717, 1.165) is 29.9 Å². The van der Waals surface area contributed by atoms with Crippen molar-refractivity contribution in [1.29, 1.82) is 0 Å². The second-order valence-electron chi connectivity index (χ2n) is 6.89. The first-order valence-electron chi connectivity index (χ1n) is 9.24. The van der Waals surface area contributed by atoms with Gasteiger partial charge in [-0.3, -0.25) is 4.79 Å². The molecule has 1 N–H and O–H groups in total. The van der Waals surface area contributed by atoms with Crippen molar-refractivity contribution in [3.05, 3.63) is 69.9 Å². The molecule has 1 fully saturated rings. The van der Waals surface area contributed by atoms with Crippen LogP contribution in [-0.4, -0.2) is 19.0 Å². The van der Waals surface area contributed by atoms with E-state index in [1.807, 2.05) is 37.3 Å². The lowest BCUT2D eigenvalue weighted by Gasteiger charge is -2.19. The zero-order valence-electron chi connectivity index (χ0n) is 15.5. The van der Waals surface area contributed by atoms with Gasteiger partial charge in [0.25, 0.3) is 5.91 Å². The number of benzene rings is 2. The maximum atomic E-state index is 12.6. The first-order valence-corrected chi connectivity index (χ1v) is 10.00. The molecule has 0 bridgehead atoms. The zero-order valence-corrected chi connectivity index (χ0v) is 17.0.